The van der Waals surface area contributed by atoms with Crippen LogP contribution in [0.1, 0.15) is 20.3 Å². The van der Waals surface area contributed by atoms with Crippen LogP contribution in [0.15, 0.2) is 18.2 Å². The maximum atomic E-state index is 14.1. The summed E-state index contributed by atoms with van der Waals surface area (Å²) in [4.78, 5) is 2.10. The van der Waals surface area contributed by atoms with Crippen LogP contribution in [0, 0.1) is 11.7 Å². The molecule has 1 heterocycles. The van der Waals surface area contributed by atoms with Crippen molar-refractivity contribution in [1.82, 2.24) is 5.32 Å². The van der Waals surface area contributed by atoms with E-state index in [1.165, 1.54) is 0 Å². The van der Waals surface area contributed by atoms with E-state index in [1.807, 2.05) is 12.1 Å². The van der Waals surface area contributed by atoms with E-state index in [4.69, 9.17) is 11.6 Å². The van der Waals surface area contributed by atoms with Crippen LogP contribution in [-0.2, 0) is 0 Å². The highest BCUT2D eigenvalue weighted by atomic mass is 35.5. The van der Waals surface area contributed by atoms with E-state index in [2.05, 4.69) is 24.1 Å². The van der Waals surface area contributed by atoms with Crippen LogP contribution in [-0.4, -0.2) is 25.7 Å². The Labute approximate surface area is 113 Å². The van der Waals surface area contributed by atoms with E-state index in [0.29, 0.717) is 17.6 Å². The molecule has 1 N–H and O–H groups in total. The number of hydrogen-bond acceptors (Lipinski definition) is 2. The van der Waals surface area contributed by atoms with Gasteiger partial charge in [0, 0.05) is 19.1 Å². The molecule has 0 saturated carbocycles. The van der Waals surface area contributed by atoms with Crippen LogP contribution in [0.5, 0.6) is 0 Å². The van der Waals surface area contributed by atoms with Gasteiger partial charge >= 0.3 is 0 Å². The Hall–Kier alpha value is -0.800. The molecule has 0 amide bonds. The van der Waals surface area contributed by atoms with E-state index < -0.39 is 0 Å². The van der Waals surface area contributed by atoms with E-state index in [1.54, 1.807) is 6.07 Å². The summed E-state index contributed by atoms with van der Waals surface area (Å²) in [6.45, 7) is 7.06. The molecule has 0 spiro atoms. The van der Waals surface area contributed by atoms with Gasteiger partial charge in [-0.05, 0) is 31.0 Å². The second-order valence-corrected chi connectivity index (χ2v) is 5.58. The smallest absolute Gasteiger partial charge is 0.165 e. The monoisotopic (exact) mass is 270 g/mol. The van der Waals surface area contributed by atoms with Crippen molar-refractivity contribution in [2.45, 2.75) is 26.3 Å². The molecule has 0 bridgehead atoms. The van der Waals surface area contributed by atoms with E-state index in [-0.39, 0.29) is 10.8 Å². The SMILES string of the molecule is CC(C)C1CN(c2cccc(Cl)c2F)CCCN1. The zero-order valence-electron chi connectivity index (χ0n) is 10.9. The zero-order chi connectivity index (χ0) is 13.1. The molecule has 1 aliphatic heterocycles. The van der Waals surface area contributed by atoms with Crippen LogP contribution >= 0.6 is 11.6 Å². The third-order valence-electron chi connectivity index (χ3n) is 3.51. The van der Waals surface area contributed by atoms with Gasteiger partial charge in [-0.15, -0.1) is 0 Å². The molecule has 18 heavy (non-hydrogen) atoms. The molecule has 100 valence electrons. The van der Waals surface area contributed by atoms with Gasteiger partial charge < -0.3 is 10.2 Å². The fraction of sp³-hybridized carbons (Fsp3) is 0.571. The molecule has 1 fully saturated rings. The predicted octanol–water partition coefficient (Wildman–Crippen LogP) is 3.30. The number of halogens is 2. The van der Waals surface area contributed by atoms with Gasteiger partial charge in [-0.1, -0.05) is 31.5 Å². The largest absolute Gasteiger partial charge is 0.368 e. The minimum absolute atomic E-state index is 0.200. The lowest BCUT2D eigenvalue weighted by atomic mass is 10.0. The molecule has 0 radical (unpaired) electrons. The summed E-state index contributed by atoms with van der Waals surface area (Å²) in [7, 11) is 0. The summed E-state index contributed by atoms with van der Waals surface area (Å²) in [6.07, 6.45) is 1.02. The average Bonchev–Trinajstić information content (AvgIpc) is 2.58. The second-order valence-electron chi connectivity index (χ2n) is 5.18. The lowest BCUT2D eigenvalue weighted by Gasteiger charge is -2.28. The molecule has 2 nitrogen and oxygen atoms in total. The molecule has 2 rings (SSSR count). The van der Waals surface area contributed by atoms with Gasteiger partial charge in [0.15, 0.2) is 5.82 Å². The van der Waals surface area contributed by atoms with Crippen LogP contribution in [0.25, 0.3) is 0 Å². The Morgan fingerprint density at radius 2 is 2.22 bits per heavy atom. The minimum Gasteiger partial charge on any atom is -0.368 e. The van der Waals surface area contributed by atoms with Crippen molar-refractivity contribution in [3.05, 3.63) is 29.0 Å². The highest BCUT2D eigenvalue weighted by Crippen LogP contribution is 2.27. The fourth-order valence-corrected chi connectivity index (χ4v) is 2.52. The molecule has 1 aromatic rings. The maximum Gasteiger partial charge on any atom is 0.165 e. The van der Waals surface area contributed by atoms with Gasteiger partial charge in [0.1, 0.15) is 0 Å². The quantitative estimate of drug-likeness (QED) is 0.887. The Morgan fingerprint density at radius 1 is 1.44 bits per heavy atom. The Morgan fingerprint density at radius 3 is 2.94 bits per heavy atom. The summed E-state index contributed by atoms with van der Waals surface area (Å²) >= 11 is 5.86. The molecule has 1 saturated heterocycles. The van der Waals surface area contributed by atoms with Crippen LogP contribution < -0.4 is 10.2 Å². The molecular weight excluding hydrogens is 251 g/mol. The molecule has 0 aromatic heterocycles. The number of benzene rings is 1. The topological polar surface area (TPSA) is 15.3 Å². The van der Waals surface area contributed by atoms with Crippen LogP contribution in [0.2, 0.25) is 5.02 Å². The van der Waals surface area contributed by atoms with Gasteiger partial charge in [-0.2, -0.15) is 0 Å². The van der Waals surface area contributed by atoms with Gasteiger partial charge in [0.05, 0.1) is 10.7 Å². The van der Waals surface area contributed by atoms with Crippen molar-refractivity contribution in [1.29, 1.82) is 0 Å². The molecule has 0 aliphatic carbocycles. The molecule has 1 atom stereocenters. The number of nitrogens with zero attached hydrogens (tertiary/aromatic N) is 1. The lowest BCUT2D eigenvalue weighted by Crippen LogP contribution is -2.41. The van der Waals surface area contributed by atoms with Crippen molar-refractivity contribution >= 4 is 17.3 Å². The summed E-state index contributed by atoms with van der Waals surface area (Å²) in [5.41, 5.74) is 0.622. The highest BCUT2D eigenvalue weighted by molar-refractivity contribution is 6.31. The van der Waals surface area contributed by atoms with Gasteiger partial charge in [-0.3, -0.25) is 0 Å². The summed E-state index contributed by atoms with van der Waals surface area (Å²) in [6, 6.07) is 5.61. The first-order chi connectivity index (χ1) is 8.59. The number of rotatable bonds is 2. The maximum absolute atomic E-state index is 14.1. The number of nitrogens with one attached hydrogen (secondary N) is 1. The Balaban J connectivity index is 2.22. The Bertz CT molecular complexity index is 409. The van der Waals surface area contributed by atoms with Crippen LogP contribution in [0.4, 0.5) is 10.1 Å². The van der Waals surface area contributed by atoms with Gasteiger partial charge in [0.25, 0.3) is 0 Å². The van der Waals surface area contributed by atoms with Crippen molar-refractivity contribution in [2.75, 3.05) is 24.5 Å². The zero-order valence-corrected chi connectivity index (χ0v) is 11.7. The first-order valence-corrected chi connectivity index (χ1v) is 6.89. The normalized spacial score (nSPS) is 21.2. The number of hydrogen-bond donors (Lipinski definition) is 1. The molecule has 4 heteroatoms. The highest BCUT2D eigenvalue weighted by Gasteiger charge is 2.22. The average molecular weight is 271 g/mol. The number of anilines is 1. The molecule has 1 aromatic carbocycles. The van der Waals surface area contributed by atoms with E-state index in [0.717, 1.165) is 26.1 Å². The summed E-state index contributed by atoms with van der Waals surface area (Å²) < 4.78 is 14.1. The van der Waals surface area contributed by atoms with E-state index >= 15 is 0 Å². The van der Waals surface area contributed by atoms with Crippen molar-refractivity contribution in [2.24, 2.45) is 5.92 Å². The first-order valence-electron chi connectivity index (χ1n) is 6.52. The first kappa shape index (κ1) is 13.6. The Kier molecular flexibility index (Phi) is 4.46. The third kappa shape index (κ3) is 2.96. The molecule has 1 aliphatic rings. The van der Waals surface area contributed by atoms with Crippen molar-refractivity contribution in [3.63, 3.8) is 0 Å². The standard InChI is InChI=1S/C14H20ClFN2/c1-10(2)12-9-18(8-4-7-17-12)13-6-3-5-11(15)14(13)16/h3,5-6,10,12,17H,4,7-9H2,1-2H3. The minimum atomic E-state index is -0.302. The van der Waals surface area contributed by atoms with E-state index in [9.17, 15) is 4.39 Å². The summed E-state index contributed by atoms with van der Waals surface area (Å²) in [5.74, 6) is 0.233. The molecule has 1 unspecified atom stereocenters. The third-order valence-corrected chi connectivity index (χ3v) is 3.80. The van der Waals surface area contributed by atoms with Crippen molar-refractivity contribution in [3.8, 4) is 0 Å². The second kappa shape index (κ2) is 5.89. The van der Waals surface area contributed by atoms with Gasteiger partial charge in [-0.25, -0.2) is 4.39 Å². The summed E-state index contributed by atoms with van der Waals surface area (Å²) in [5, 5.41) is 3.72. The lowest BCUT2D eigenvalue weighted by molar-refractivity contribution is 0.419. The van der Waals surface area contributed by atoms with Crippen LogP contribution in [0.3, 0.4) is 0 Å². The predicted molar refractivity (Wildman–Crippen MR) is 74.9 cm³/mol. The van der Waals surface area contributed by atoms with Crippen molar-refractivity contribution < 1.29 is 4.39 Å². The fourth-order valence-electron chi connectivity index (χ4n) is 2.35. The van der Waals surface area contributed by atoms with Gasteiger partial charge in [0.2, 0.25) is 0 Å². The molecular formula is C14H20ClFN2.